The minimum absolute atomic E-state index is 0.0990. The molecule has 0 aromatic carbocycles. The van der Waals surface area contributed by atoms with Gasteiger partial charge in [0, 0.05) is 6.08 Å². The molecular formula is C9H4F11NO3. The number of alkyl halides is 11. The van der Waals surface area contributed by atoms with Gasteiger partial charge in [0.05, 0.1) is 0 Å². The first kappa shape index (κ1) is 21.9. The average molecular weight is 383 g/mol. The molecule has 0 aliphatic heterocycles. The summed E-state index contributed by atoms with van der Waals surface area (Å²) in [6, 6.07) is -6.26. The molecule has 4 nitrogen and oxygen atoms in total. The maximum Gasteiger partial charge on any atom is 0.488 e. The van der Waals surface area contributed by atoms with Gasteiger partial charge in [0.1, 0.15) is 0 Å². The Hall–Kier alpha value is -2.09. The van der Waals surface area contributed by atoms with Crippen LogP contribution in [0.1, 0.15) is 0 Å². The maximum atomic E-state index is 12.9. The van der Waals surface area contributed by atoms with E-state index in [9.17, 15) is 57.9 Å². The number of carbonyl (C=O) groups is 2. The molecule has 140 valence electrons. The molecule has 0 aliphatic carbocycles. The lowest BCUT2D eigenvalue weighted by Gasteiger charge is -2.30. The van der Waals surface area contributed by atoms with E-state index in [0.29, 0.717) is 0 Å². The molecule has 15 heteroatoms. The SMILES string of the molecule is C=CC(=O)OC(F)(F)C(F)(F)NC(=O)C(F)(F)C(F)(F)C(F)(F)F. The second-order valence-corrected chi connectivity index (χ2v) is 3.82. The second-order valence-electron chi connectivity index (χ2n) is 3.82. The summed E-state index contributed by atoms with van der Waals surface area (Å²) in [6.07, 6.45) is -13.2. The first-order chi connectivity index (χ1) is 10.3. The van der Waals surface area contributed by atoms with Gasteiger partial charge in [-0.15, -0.1) is 0 Å². The Morgan fingerprint density at radius 2 is 1.29 bits per heavy atom. The highest BCUT2D eigenvalue weighted by atomic mass is 19.4. The van der Waals surface area contributed by atoms with Crippen LogP contribution in [0.5, 0.6) is 0 Å². The van der Waals surface area contributed by atoms with Crippen LogP contribution in [0.2, 0.25) is 0 Å². The topological polar surface area (TPSA) is 55.4 Å². The lowest BCUT2D eigenvalue weighted by Crippen LogP contribution is -2.65. The average Bonchev–Trinajstić information content (AvgIpc) is 2.35. The molecule has 0 atom stereocenters. The highest BCUT2D eigenvalue weighted by molar-refractivity contribution is 5.85. The first-order valence-corrected chi connectivity index (χ1v) is 5.09. The first-order valence-electron chi connectivity index (χ1n) is 5.09. The lowest BCUT2D eigenvalue weighted by atomic mass is 10.1. The van der Waals surface area contributed by atoms with Gasteiger partial charge in [0.15, 0.2) is 0 Å². The third-order valence-corrected chi connectivity index (χ3v) is 2.07. The van der Waals surface area contributed by atoms with Crippen LogP contribution in [0.25, 0.3) is 0 Å². The van der Waals surface area contributed by atoms with Crippen LogP contribution in [0.3, 0.4) is 0 Å². The standard InChI is InChI=1S/C9H4F11NO3/c1-2-3(22)24-9(19,20)8(17,18)21-4(23)5(10,11)6(12,13)7(14,15)16/h2H,1H2,(H,21,23). The zero-order valence-corrected chi connectivity index (χ0v) is 10.7. The molecule has 0 aromatic heterocycles. The molecular weight excluding hydrogens is 379 g/mol. The van der Waals surface area contributed by atoms with Crippen molar-refractivity contribution in [2.24, 2.45) is 0 Å². The monoisotopic (exact) mass is 383 g/mol. The lowest BCUT2D eigenvalue weighted by molar-refractivity contribution is -0.353. The predicted octanol–water partition coefficient (Wildman–Crippen LogP) is 2.85. The van der Waals surface area contributed by atoms with Crippen LogP contribution in [0.15, 0.2) is 12.7 Å². The largest absolute Gasteiger partial charge is 0.488 e. The number of halogens is 11. The molecule has 0 rings (SSSR count). The fourth-order valence-corrected chi connectivity index (χ4v) is 0.847. The van der Waals surface area contributed by atoms with E-state index < -0.39 is 47.4 Å². The minimum atomic E-state index is -7.16. The summed E-state index contributed by atoms with van der Waals surface area (Å²) in [5.74, 6) is -20.4. The van der Waals surface area contributed by atoms with E-state index in [2.05, 4.69) is 11.3 Å². The minimum Gasteiger partial charge on any atom is -0.391 e. The molecule has 0 fully saturated rings. The van der Waals surface area contributed by atoms with Crippen molar-refractivity contribution >= 4 is 11.9 Å². The smallest absolute Gasteiger partial charge is 0.391 e. The summed E-state index contributed by atoms with van der Waals surface area (Å²) >= 11 is 0. The Kier molecular flexibility index (Phi) is 5.55. The molecule has 0 saturated heterocycles. The molecule has 0 unspecified atom stereocenters. The van der Waals surface area contributed by atoms with Crippen molar-refractivity contribution in [3.05, 3.63) is 12.7 Å². The number of rotatable bonds is 6. The number of carbonyl (C=O) groups excluding carboxylic acids is 2. The van der Waals surface area contributed by atoms with Crippen LogP contribution >= 0.6 is 0 Å². The summed E-state index contributed by atoms with van der Waals surface area (Å²) in [7, 11) is 0. The fraction of sp³-hybridized carbons (Fsp3) is 0.556. The Labute approximate surface area is 124 Å². The van der Waals surface area contributed by atoms with Gasteiger partial charge in [-0.2, -0.15) is 48.3 Å². The van der Waals surface area contributed by atoms with E-state index in [1.165, 1.54) is 0 Å². The molecule has 0 heterocycles. The quantitative estimate of drug-likeness (QED) is 0.332. The number of ether oxygens (including phenoxy) is 1. The highest BCUT2D eigenvalue weighted by Crippen LogP contribution is 2.47. The third-order valence-electron chi connectivity index (χ3n) is 2.07. The van der Waals surface area contributed by atoms with Gasteiger partial charge in [-0.3, -0.25) is 10.1 Å². The molecule has 1 N–H and O–H groups in total. The Bertz CT molecular complexity index is 525. The van der Waals surface area contributed by atoms with Crippen molar-refractivity contribution in [2.45, 2.75) is 30.2 Å². The van der Waals surface area contributed by atoms with Gasteiger partial charge in [-0.1, -0.05) is 6.58 Å². The number of amides is 1. The molecule has 0 bridgehead atoms. The van der Waals surface area contributed by atoms with Crippen molar-refractivity contribution < 1.29 is 62.6 Å². The van der Waals surface area contributed by atoms with Crippen LogP contribution < -0.4 is 5.32 Å². The molecule has 0 aliphatic rings. The number of esters is 1. The van der Waals surface area contributed by atoms with Crippen molar-refractivity contribution in [2.75, 3.05) is 0 Å². The highest BCUT2D eigenvalue weighted by Gasteiger charge is 2.77. The normalized spacial score (nSPS) is 14.1. The summed E-state index contributed by atoms with van der Waals surface area (Å²) < 4.78 is 140. The van der Waals surface area contributed by atoms with E-state index in [0.717, 1.165) is 0 Å². The van der Waals surface area contributed by atoms with Crippen molar-refractivity contribution in [1.29, 1.82) is 0 Å². The zero-order chi connectivity index (χ0) is 19.8. The van der Waals surface area contributed by atoms with Gasteiger partial charge in [0.2, 0.25) is 0 Å². The zero-order valence-electron chi connectivity index (χ0n) is 10.7. The van der Waals surface area contributed by atoms with E-state index >= 15 is 0 Å². The second kappa shape index (κ2) is 6.08. The molecule has 0 saturated carbocycles. The summed E-state index contributed by atoms with van der Waals surface area (Å²) in [6.45, 7) is 2.50. The van der Waals surface area contributed by atoms with Crippen LogP contribution in [-0.2, 0) is 14.3 Å². The molecule has 0 aromatic rings. The van der Waals surface area contributed by atoms with E-state index in [1.54, 1.807) is 0 Å². The van der Waals surface area contributed by atoms with Gasteiger partial charge in [0.25, 0.3) is 0 Å². The van der Waals surface area contributed by atoms with Gasteiger partial charge in [-0.25, -0.2) is 4.79 Å². The van der Waals surface area contributed by atoms with Crippen LogP contribution in [0, 0.1) is 0 Å². The Balaban J connectivity index is 5.55. The van der Waals surface area contributed by atoms with Crippen LogP contribution in [-0.4, -0.2) is 42.1 Å². The number of hydrogen-bond donors (Lipinski definition) is 1. The summed E-state index contributed by atoms with van der Waals surface area (Å²) in [4.78, 5) is 20.9. The van der Waals surface area contributed by atoms with E-state index in [-0.39, 0.29) is 6.08 Å². The van der Waals surface area contributed by atoms with Gasteiger partial charge in [-0.05, 0) is 0 Å². The van der Waals surface area contributed by atoms with Crippen molar-refractivity contribution in [3.8, 4) is 0 Å². The molecule has 0 radical (unpaired) electrons. The van der Waals surface area contributed by atoms with Gasteiger partial charge < -0.3 is 4.74 Å². The number of nitrogens with one attached hydrogen (secondary N) is 1. The Morgan fingerprint density at radius 3 is 1.62 bits per heavy atom. The fourth-order valence-electron chi connectivity index (χ4n) is 0.847. The van der Waals surface area contributed by atoms with E-state index in [1.807, 2.05) is 0 Å². The predicted molar refractivity (Wildman–Crippen MR) is 50.3 cm³/mol. The third kappa shape index (κ3) is 3.87. The molecule has 1 amide bonds. The van der Waals surface area contributed by atoms with Crippen molar-refractivity contribution in [3.63, 3.8) is 0 Å². The Morgan fingerprint density at radius 1 is 0.875 bits per heavy atom. The summed E-state index contributed by atoms with van der Waals surface area (Å²) in [5, 5.41) is -0.719. The summed E-state index contributed by atoms with van der Waals surface area (Å²) in [5.41, 5.74) is 0. The van der Waals surface area contributed by atoms with Crippen LogP contribution in [0.4, 0.5) is 48.3 Å². The molecule has 24 heavy (non-hydrogen) atoms. The van der Waals surface area contributed by atoms with E-state index in [4.69, 9.17) is 0 Å². The van der Waals surface area contributed by atoms with Gasteiger partial charge >= 0.3 is 42.1 Å². The van der Waals surface area contributed by atoms with Crippen molar-refractivity contribution in [1.82, 2.24) is 5.32 Å². The maximum absolute atomic E-state index is 12.9. The molecule has 0 spiro atoms. The number of hydrogen-bond acceptors (Lipinski definition) is 3.